The SMILES string of the molecule is COc1ccc(C2=C(c3ccc(OC)cc3)N3C=CCC=C3C2=O)cc1. The summed E-state index contributed by atoms with van der Waals surface area (Å²) in [4.78, 5) is 15.1. The predicted octanol–water partition coefficient (Wildman–Crippen LogP) is 4.26. The molecule has 0 saturated heterocycles. The van der Waals surface area contributed by atoms with Crippen molar-refractivity contribution in [1.29, 1.82) is 0 Å². The fraction of sp³-hybridized carbons (Fsp3) is 0.136. The number of hydrogen-bond acceptors (Lipinski definition) is 4. The van der Waals surface area contributed by atoms with E-state index in [1.54, 1.807) is 14.2 Å². The highest BCUT2D eigenvalue weighted by molar-refractivity contribution is 6.37. The van der Waals surface area contributed by atoms with Crippen LogP contribution in [0.1, 0.15) is 17.5 Å². The molecule has 0 aliphatic carbocycles. The summed E-state index contributed by atoms with van der Waals surface area (Å²) in [7, 11) is 3.28. The number of rotatable bonds is 4. The summed E-state index contributed by atoms with van der Waals surface area (Å²) in [5, 5.41) is 0. The molecule has 2 aromatic carbocycles. The number of ether oxygens (including phenoxy) is 2. The molecule has 0 unspecified atom stereocenters. The van der Waals surface area contributed by atoms with Crippen molar-refractivity contribution in [3.05, 3.63) is 83.7 Å². The first-order chi connectivity index (χ1) is 12.7. The predicted molar refractivity (Wildman–Crippen MR) is 101 cm³/mol. The van der Waals surface area contributed by atoms with Gasteiger partial charge in [0.25, 0.3) is 0 Å². The van der Waals surface area contributed by atoms with Crippen molar-refractivity contribution in [3.8, 4) is 11.5 Å². The van der Waals surface area contributed by atoms with Crippen LogP contribution in [0.3, 0.4) is 0 Å². The Morgan fingerprint density at radius 1 is 0.846 bits per heavy atom. The molecule has 4 rings (SSSR count). The number of methoxy groups -OCH3 is 2. The first kappa shape index (κ1) is 16.2. The molecule has 4 nitrogen and oxygen atoms in total. The Labute approximate surface area is 152 Å². The minimum Gasteiger partial charge on any atom is -0.497 e. The molecule has 0 spiro atoms. The van der Waals surface area contributed by atoms with Crippen molar-refractivity contribution in [2.24, 2.45) is 0 Å². The number of fused-ring (bicyclic) bond motifs is 1. The van der Waals surface area contributed by atoms with Crippen molar-refractivity contribution >= 4 is 17.1 Å². The standard InChI is InChI=1S/C22H19NO3/c1-25-17-10-6-15(7-11-17)20-21(16-8-12-18(26-2)13-9-16)23-14-4-3-5-19(23)22(20)24/h4-14H,3H2,1-2H3. The summed E-state index contributed by atoms with van der Waals surface area (Å²) in [6, 6.07) is 15.4. The zero-order chi connectivity index (χ0) is 18.1. The Morgan fingerprint density at radius 3 is 2.00 bits per heavy atom. The van der Waals surface area contributed by atoms with Crippen LogP contribution in [-0.2, 0) is 4.79 Å². The van der Waals surface area contributed by atoms with Crippen LogP contribution in [-0.4, -0.2) is 24.9 Å². The van der Waals surface area contributed by atoms with Gasteiger partial charge in [-0.25, -0.2) is 0 Å². The van der Waals surface area contributed by atoms with E-state index in [9.17, 15) is 4.79 Å². The number of hydrogen-bond donors (Lipinski definition) is 0. The average molecular weight is 345 g/mol. The zero-order valence-corrected chi connectivity index (χ0v) is 14.7. The van der Waals surface area contributed by atoms with E-state index >= 15 is 0 Å². The average Bonchev–Trinajstić information content (AvgIpc) is 3.01. The first-order valence-electron chi connectivity index (χ1n) is 8.47. The second-order valence-corrected chi connectivity index (χ2v) is 6.09. The molecule has 4 heteroatoms. The Hall–Kier alpha value is -3.27. The Balaban J connectivity index is 1.89. The molecule has 0 atom stereocenters. The number of Topliss-reactive ketones (excluding diaryl/α,β-unsaturated/α-hetero) is 1. The molecule has 0 N–H and O–H groups in total. The molecule has 130 valence electrons. The maximum absolute atomic E-state index is 13.1. The number of allylic oxidation sites excluding steroid dienone is 3. The lowest BCUT2D eigenvalue weighted by atomic mass is 9.98. The highest BCUT2D eigenvalue weighted by Crippen LogP contribution is 2.42. The quantitative estimate of drug-likeness (QED) is 0.830. The van der Waals surface area contributed by atoms with Crippen molar-refractivity contribution in [3.63, 3.8) is 0 Å². The lowest BCUT2D eigenvalue weighted by Crippen LogP contribution is -2.15. The molecule has 2 aromatic rings. The van der Waals surface area contributed by atoms with Gasteiger partial charge in [0.15, 0.2) is 0 Å². The lowest BCUT2D eigenvalue weighted by molar-refractivity contribution is -0.110. The number of carbonyl (C=O) groups is 1. The van der Waals surface area contributed by atoms with E-state index in [4.69, 9.17) is 9.47 Å². The molecule has 0 amide bonds. The molecule has 0 saturated carbocycles. The minimum atomic E-state index is 0.0466. The molecule has 0 fully saturated rings. The number of carbonyl (C=O) groups excluding carboxylic acids is 1. The lowest BCUT2D eigenvalue weighted by Gasteiger charge is -2.21. The summed E-state index contributed by atoms with van der Waals surface area (Å²) < 4.78 is 10.5. The van der Waals surface area contributed by atoms with Crippen LogP contribution in [0.2, 0.25) is 0 Å². The van der Waals surface area contributed by atoms with Gasteiger partial charge in [-0.15, -0.1) is 0 Å². The molecule has 2 aliphatic heterocycles. The van der Waals surface area contributed by atoms with Gasteiger partial charge in [0.2, 0.25) is 5.78 Å². The molecule has 0 radical (unpaired) electrons. The second-order valence-electron chi connectivity index (χ2n) is 6.09. The molecule has 0 aromatic heterocycles. The third kappa shape index (κ3) is 2.60. The van der Waals surface area contributed by atoms with Gasteiger partial charge in [-0.3, -0.25) is 4.79 Å². The van der Waals surface area contributed by atoms with E-state index in [1.807, 2.05) is 65.7 Å². The fourth-order valence-electron chi connectivity index (χ4n) is 3.34. The molecule has 2 aliphatic rings. The van der Waals surface area contributed by atoms with Gasteiger partial charge in [0, 0.05) is 6.20 Å². The van der Waals surface area contributed by atoms with Crippen molar-refractivity contribution < 1.29 is 14.3 Å². The van der Waals surface area contributed by atoms with Crippen LogP contribution in [0.5, 0.6) is 11.5 Å². The number of nitrogens with zero attached hydrogens (tertiary/aromatic N) is 1. The highest BCUT2D eigenvalue weighted by atomic mass is 16.5. The van der Waals surface area contributed by atoms with Gasteiger partial charge in [-0.1, -0.05) is 24.3 Å². The second kappa shape index (κ2) is 6.56. The van der Waals surface area contributed by atoms with Crippen LogP contribution in [0, 0.1) is 0 Å². The van der Waals surface area contributed by atoms with E-state index in [2.05, 4.69) is 6.08 Å². The summed E-state index contributed by atoms with van der Waals surface area (Å²) >= 11 is 0. The third-order valence-corrected chi connectivity index (χ3v) is 4.64. The maximum atomic E-state index is 13.1. The van der Waals surface area contributed by atoms with E-state index in [-0.39, 0.29) is 5.78 Å². The van der Waals surface area contributed by atoms with Crippen molar-refractivity contribution in [1.82, 2.24) is 4.90 Å². The smallest absolute Gasteiger partial charge is 0.212 e. The minimum absolute atomic E-state index is 0.0466. The van der Waals surface area contributed by atoms with Gasteiger partial charge in [-0.2, -0.15) is 0 Å². The highest BCUT2D eigenvalue weighted by Gasteiger charge is 2.36. The fourth-order valence-corrected chi connectivity index (χ4v) is 3.34. The molecule has 26 heavy (non-hydrogen) atoms. The van der Waals surface area contributed by atoms with Gasteiger partial charge in [-0.05, 0) is 53.9 Å². The molecule has 0 bridgehead atoms. The Morgan fingerprint density at radius 2 is 1.42 bits per heavy atom. The van der Waals surface area contributed by atoms with E-state index in [0.717, 1.165) is 34.7 Å². The summed E-state index contributed by atoms with van der Waals surface area (Å²) in [6.45, 7) is 0. The van der Waals surface area contributed by atoms with Gasteiger partial charge >= 0.3 is 0 Å². The Kier molecular flexibility index (Phi) is 4.09. The van der Waals surface area contributed by atoms with Gasteiger partial charge in [0.1, 0.15) is 11.5 Å². The third-order valence-electron chi connectivity index (χ3n) is 4.64. The van der Waals surface area contributed by atoms with Crippen LogP contribution in [0.25, 0.3) is 11.3 Å². The first-order valence-corrected chi connectivity index (χ1v) is 8.47. The van der Waals surface area contributed by atoms with E-state index in [1.165, 1.54) is 0 Å². The largest absolute Gasteiger partial charge is 0.497 e. The normalized spacial score (nSPS) is 15.8. The van der Waals surface area contributed by atoms with Crippen LogP contribution in [0.4, 0.5) is 0 Å². The van der Waals surface area contributed by atoms with Crippen LogP contribution >= 0.6 is 0 Å². The molecular weight excluding hydrogens is 326 g/mol. The number of ketones is 1. The summed E-state index contributed by atoms with van der Waals surface area (Å²) in [5.74, 6) is 1.60. The summed E-state index contributed by atoms with van der Waals surface area (Å²) in [6.07, 6.45) is 6.77. The van der Waals surface area contributed by atoms with Crippen LogP contribution < -0.4 is 9.47 Å². The van der Waals surface area contributed by atoms with Gasteiger partial charge < -0.3 is 14.4 Å². The summed E-state index contributed by atoms with van der Waals surface area (Å²) in [5.41, 5.74) is 4.16. The molecular formula is C22H19NO3. The molecule has 2 heterocycles. The van der Waals surface area contributed by atoms with E-state index < -0.39 is 0 Å². The van der Waals surface area contributed by atoms with Crippen LogP contribution in [0.15, 0.2) is 72.6 Å². The van der Waals surface area contributed by atoms with Crippen molar-refractivity contribution in [2.45, 2.75) is 6.42 Å². The number of benzene rings is 2. The van der Waals surface area contributed by atoms with Gasteiger partial charge in [0.05, 0.1) is 31.2 Å². The Bertz CT molecular complexity index is 934. The topological polar surface area (TPSA) is 38.8 Å². The van der Waals surface area contributed by atoms with Crippen molar-refractivity contribution in [2.75, 3.05) is 14.2 Å². The zero-order valence-electron chi connectivity index (χ0n) is 14.7. The van der Waals surface area contributed by atoms with E-state index in [0.29, 0.717) is 11.3 Å². The maximum Gasteiger partial charge on any atom is 0.212 e. The monoisotopic (exact) mass is 345 g/mol.